The molecule has 0 aromatic heterocycles. The van der Waals surface area contributed by atoms with Gasteiger partial charge in [0.1, 0.15) is 0 Å². The van der Waals surface area contributed by atoms with Gasteiger partial charge in [-0.05, 0) is 30.7 Å². The second-order valence-electron chi connectivity index (χ2n) is 8.10. The van der Waals surface area contributed by atoms with Gasteiger partial charge in [-0.15, -0.1) is 0 Å². The molecule has 148 valence electrons. The maximum Gasteiger partial charge on any atom is 0.194 e. The molecule has 2 heterocycles. The van der Waals surface area contributed by atoms with Crippen molar-refractivity contribution in [3.8, 4) is 0 Å². The first-order valence-corrected chi connectivity index (χ1v) is 11.9. The Morgan fingerprint density at radius 1 is 1.07 bits per heavy atom. The van der Waals surface area contributed by atoms with E-state index in [4.69, 9.17) is 4.99 Å². The fourth-order valence-corrected chi connectivity index (χ4v) is 5.69. The Balaban J connectivity index is 1.32. The van der Waals surface area contributed by atoms with E-state index >= 15 is 0 Å². The molecule has 1 atom stereocenters. The Morgan fingerprint density at radius 3 is 2.44 bits per heavy atom. The Labute approximate surface area is 162 Å². The molecule has 1 saturated carbocycles. The van der Waals surface area contributed by atoms with Crippen molar-refractivity contribution in [2.45, 2.75) is 31.8 Å². The highest BCUT2D eigenvalue weighted by Crippen LogP contribution is 2.21. The average molecular weight is 391 g/mol. The second-order valence-corrected chi connectivity index (χ2v) is 10.3. The SMILES string of the molecule is O=S1(=O)CCC(CN=C(NC2CC2)N2CCN(Cc3ccccc3)CC2)C1. The number of guanidine groups is 1. The van der Waals surface area contributed by atoms with Crippen molar-refractivity contribution in [3.63, 3.8) is 0 Å². The number of aliphatic imine (C=N–C) groups is 1. The van der Waals surface area contributed by atoms with E-state index in [2.05, 4.69) is 45.4 Å². The third kappa shape index (κ3) is 5.45. The summed E-state index contributed by atoms with van der Waals surface area (Å²) in [5.74, 6) is 1.81. The van der Waals surface area contributed by atoms with Crippen LogP contribution in [0.4, 0.5) is 0 Å². The summed E-state index contributed by atoms with van der Waals surface area (Å²) in [5, 5.41) is 3.58. The first-order chi connectivity index (χ1) is 13.1. The molecule has 1 aliphatic carbocycles. The molecule has 4 rings (SSSR count). The Bertz CT molecular complexity index is 753. The summed E-state index contributed by atoms with van der Waals surface area (Å²) in [6.45, 7) is 5.61. The fourth-order valence-electron chi connectivity index (χ4n) is 3.84. The zero-order valence-electron chi connectivity index (χ0n) is 15.9. The lowest BCUT2D eigenvalue weighted by Gasteiger charge is -2.36. The van der Waals surface area contributed by atoms with E-state index < -0.39 is 9.84 Å². The van der Waals surface area contributed by atoms with E-state index in [9.17, 15) is 8.42 Å². The molecule has 0 amide bonds. The van der Waals surface area contributed by atoms with Crippen LogP contribution in [0.15, 0.2) is 35.3 Å². The molecule has 1 unspecified atom stereocenters. The van der Waals surface area contributed by atoms with E-state index in [1.165, 1.54) is 18.4 Å². The number of nitrogens with one attached hydrogen (secondary N) is 1. The van der Waals surface area contributed by atoms with Crippen molar-refractivity contribution in [2.24, 2.45) is 10.9 Å². The van der Waals surface area contributed by atoms with Gasteiger partial charge in [-0.1, -0.05) is 30.3 Å². The van der Waals surface area contributed by atoms with Crippen LogP contribution >= 0.6 is 0 Å². The van der Waals surface area contributed by atoms with Gasteiger partial charge in [0.15, 0.2) is 15.8 Å². The fraction of sp³-hybridized carbons (Fsp3) is 0.650. The minimum absolute atomic E-state index is 0.186. The number of rotatable bonds is 5. The molecule has 27 heavy (non-hydrogen) atoms. The number of hydrogen-bond donors (Lipinski definition) is 1. The van der Waals surface area contributed by atoms with Crippen molar-refractivity contribution in [1.82, 2.24) is 15.1 Å². The van der Waals surface area contributed by atoms with Crippen molar-refractivity contribution >= 4 is 15.8 Å². The van der Waals surface area contributed by atoms with Crippen LogP contribution in [0.5, 0.6) is 0 Å². The zero-order valence-corrected chi connectivity index (χ0v) is 16.7. The molecule has 0 spiro atoms. The lowest BCUT2D eigenvalue weighted by atomic mass is 10.1. The van der Waals surface area contributed by atoms with Gasteiger partial charge in [0.05, 0.1) is 11.5 Å². The Kier molecular flexibility index (Phi) is 5.68. The number of piperazine rings is 1. The molecule has 0 radical (unpaired) electrons. The van der Waals surface area contributed by atoms with Crippen molar-refractivity contribution in [3.05, 3.63) is 35.9 Å². The summed E-state index contributed by atoms with van der Waals surface area (Å²) in [5.41, 5.74) is 1.36. The van der Waals surface area contributed by atoms with Gasteiger partial charge in [-0.2, -0.15) is 0 Å². The molecule has 3 aliphatic rings. The van der Waals surface area contributed by atoms with Crippen molar-refractivity contribution in [2.75, 3.05) is 44.2 Å². The van der Waals surface area contributed by atoms with E-state index in [0.717, 1.165) is 45.1 Å². The van der Waals surface area contributed by atoms with E-state index in [0.29, 0.717) is 24.1 Å². The molecule has 1 aromatic carbocycles. The Morgan fingerprint density at radius 2 is 1.81 bits per heavy atom. The predicted octanol–water partition coefficient (Wildman–Crippen LogP) is 1.35. The molecule has 2 saturated heterocycles. The average Bonchev–Trinajstić information content (AvgIpc) is 3.42. The lowest BCUT2D eigenvalue weighted by Crippen LogP contribution is -2.52. The monoisotopic (exact) mass is 390 g/mol. The van der Waals surface area contributed by atoms with Crippen LogP contribution in [0.3, 0.4) is 0 Å². The molecular formula is C20H30N4O2S. The van der Waals surface area contributed by atoms with Gasteiger partial charge < -0.3 is 10.2 Å². The topological polar surface area (TPSA) is 65.0 Å². The summed E-state index contributed by atoms with van der Waals surface area (Å²) in [6, 6.07) is 11.2. The number of sulfone groups is 1. The van der Waals surface area contributed by atoms with Crippen LogP contribution in [0.1, 0.15) is 24.8 Å². The van der Waals surface area contributed by atoms with Crippen LogP contribution in [-0.2, 0) is 16.4 Å². The normalized spacial score (nSPS) is 26.3. The van der Waals surface area contributed by atoms with Gasteiger partial charge in [-0.3, -0.25) is 9.89 Å². The summed E-state index contributed by atoms with van der Waals surface area (Å²) in [7, 11) is -2.83. The molecular weight excluding hydrogens is 360 g/mol. The first kappa shape index (κ1) is 18.7. The lowest BCUT2D eigenvalue weighted by molar-refractivity contribution is 0.172. The van der Waals surface area contributed by atoms with Crippen LogP contribution in [0, 0.1) is 5.92 Å². The maximum atomic E-state index is 11.7. The number of hydrogen-bond acceptors (Lipinski definition) is 4. The molecule has 2 aliphatic heterocycles. The molecule has 7 heteroatoms. The Hall–Kier alpha value is -1.60. The van der Waals surface area contributed by atoms with Crippen LogP contribution < -0.4 is 5.32 Å². The largest absolute Gasteiger partial charge is 0.354 e. The zero-order chi connectivity index (χ0) is 18.7. The molecule has 1 N–H and O–H groups in total. The van der Waals surface area contributed by atoms with Gasteiger partial charge in [0.25, 0.3) is 0 Å². The van der Waals surface area contributed by atoms with Gasteiger partial charge in [0, 0.05) is 45.3 Å². The highest BCUT2D eigenvalue weighted by molar-refractivity contribution is 7.91. The second kappa shape index (κ2) is 8.19. The first-order valence-electron chi connectivity index (χ1n) is 10.1. The number of nitrogens with zero attached hydrogens (tertiary/aromatic N) is 3. The summed E-state index contributed by atoms with van der Waals surface area (Å²) < 4.78 is 23.4. The van der Waals surface area contributed by atoms with Crippen LogP contribution in [-0.4, -0.2) is 74.4 Å². The molecule has 1 aromatic rings. The summed E-state index contributed by atoms with van der Waals surface area (Å²) in [4.78, 5) is 9.67. The summed E-state index contributed by atoms with van der Waals surface area (Å²) >= 11 is 0. The third-order valence-corrected chi connectivity index (χ3v) is 7.49. The van der Waals surface area contributed by atoms with Gasteiger partial charge in [-0.25, -0.2) is 8.42 Å². The van der Waals surface area contributed by atoms with E-state index in [1.54, 1.807) is 0 Å². The third-order valence-electron chi connectivity index (χ3n) is 5.66. The van der Waals surface area contributed by atoms with E-state index in [1.807, 2.05) is 0 Å². The maximum absolute atomic E-state index is 11.7. The highest BCUT2D eigenvalue weighted by atomic mass is 32.2. The highest BCUT2D eigenvalue weighted by Gasteiger charge is 2.29. The smallest absolute Gasteiger partial charge is 0.194 e. The van der Waals surface area contributed by atoms with Gasteiger partial charge in [0.2, 0.25) is 0 Å². The van der Waals surface area contributed by atoms with E-state index in [-0.39, 0.29) is 5.92 Å². The molecule has 0 bridgehead atoms. The molecule has 3 fully saturated rings. The quantitative estimate of drug-likeness (QED) is 0.607. The van der Waals surface area contributed by atoms with Crippen molar-refractivity contribution in [1.29, 1.82) is 0 Å². The molecule has 6 nitrogen and oxygen atoms in total. The minimum atomic E-state index is -2.83. The predicted molar refractivity (Wildman–Crippen MR) is 109 cm³/mol. The van der Waals surface area contributed by atoms with Crippen LogP contribution in [0.25, 0.3) is 0 Å². The van der Waals surface area contributed by atoms with Crippen LogP contribution in [0.2, 0.25) is 0 Å². The summed E-state index contributed by atoms with van der Waals surface area (Å²) in [6.07, 6.45) is 3.18. The standard InChI is InChI=1S/C20H30N4O2S/c25-27(26)13-8-18(16-27)14-21-20(22-19-6-7-19)24-11-9-23(10-12-24)15-17-4-2-1-3-5-17/h1-5,18-19H,6-16H2,(H,21,22). The van der Waals surface area contributed by atoms with Gasteiger partial charge >= 0.3 is 0 Å². The minimum Gasteiger partial charge on any atom is -0.354 e. The number of benzene rings is 1. The van der Waals surface area contributed by atoms with Crippen molar-refractivity contribution < 1.29 is 8.42 Å².